The maximum atomic E-state index is 5.26. The molecule has 0 N–H and O–H groups in total. The molecule has 10 rings (SSSR count). The highest BCUT2D eigenvalue weighted by molar-refractivity contribution is 5.93. The highest BCUT2D eigenvalue weighted by Crippen LogP contribution is 2.58. The standard InChI is InChI=1S/C46H30N2/c1-3-14-33(15-4-1)45-47-43-30-35(27-28-44(43)48(45)36-16-5-2-6-17-36)34-26-25-32-24-23-31-13-7-10-20-39(31)46(42(32)29-34)40-21-11-8-18-37(40)38-19-9-12-22-41(38)46/h1-30H. The van der Waals surface area contributed by atoms with Gasteiger partial charge in [0.05, 0.1) is 16.4 Å². The van der Waals surface area contributed by atoms with Gasteiger partial charge < -0.3 is 0 Å². The van der Waals surface area contributed by atoms with Crippen molar-refractivity contribution in [1.29, 1.82) is 0 Å². The Bertz CT molecular complexity index is 2510. The maximum absolute atomic E-state index is 5.26. The summed E-state index contributed by atoms with van der Waals surface area (Å²) in [5, 5.41) is 0. The molecule has 8 aromatic rings. The monoisotopic (exact) mass is 610 g/mol. The summed E-state index contributed by atoms with van der Waals surface area (Å²) in [5.41, 5.74) is 16.5. The van der Waals surface area contributed by atoms with Crippen LogP contribution in [-0.4, -0.2) is 9.55 Å². The summed E-state index contributed by atoms with van der Waals surface area (Å²) in [5.74, 6) is 0.941. The topological polar surface area (TPSA) is 17.8 Å². The molecule has 0 saturated heterocycles. The van der Waals surface area contributed by atoms with Gasteiger partial charge in [-0.1, -0.05) is 152 Å². The Kier molecular flexibility index (Phi) is 5.82. The van der Waals surface area contributed by atoms with Crippen molar-refractivity contribution in [3.63, 3.8) is 0 Å². The zero-order chi connectivity index (χ0) is 31.7. The van der Waals surface area contributed by atoms with Gasteiger partial charge in [0.15, 0.2) is 0 Å². The van der Waals surface area contributed by atoms with Gasteiger partial charge in [0.2, 0.25) is 0 Å². The van der Waals surface area contributed by atoms with E-state index in [0.717, 1.165) is 33.7 Å². The predicted octanol–water partition coefficient (Wildman–Crippen LogP) is 11.2. The SMILES string of the molecule is C1=Cc2ccc(-c3ccc4c(c3)nc(-c3ccccc3)n4-c3ccccc3)cc2C2(c3ccccc31)c1ccccc1-c1ccccc12. The lowest BCUT2D eigenvalue weighted by Crippen LogP contribution is -2.30. The molecule has 2 aliphatic rings. The molecule has 2 nitrogen and oxygen atoms in total. The highest BCUT2D eigenvalue weighted by Gasteiger charge is 2.48. The van der Waals surface area contributed by atoms with Crippen LogP contribution in [-0.2, 0) is 5.41 Å². The summed E-state index contributed by atoms with van der Waals surface area (Å²) < 4.78 is 2.27. The van der Waals surface area contributed by atoms with Crippen LogP contribution < -0.4 is 0 Å². The van der Waals surface area contributed by atoms with E-state index in [2.05, 4.69) is 187 Å². The van der Waals surface area contributed by atoms with E-state index in [9.17, 15) is 0 Å². The Balaban J connectivity index is 1.22. The second kappa shape index (κ2) is 10.4. The van der Waals surface area contributed by atoms with Crippen molar-refractivity contribution in [2.45, 2.75) is 5.41 Å². The molecule has 0 radical (unpaired) electrons. The molecule has 0 atom stereocenters. The number of hydrogen-bond acceptors (Lipinski definition) is 1. The van der Waals surface area contributed by atoms with Crippen LogP contribution in [0.25, 0.3) is 62.5 Å². The summed E-state index contributed by atoms with van der Waals surface area (Å²) in [6.45, 7) is 0. The van der Waals surface area contributed by atoms with Gasteiger partial charge in [-0.3, -0.25) is 4.57 Å². The number of fused-ring (bicyclic) bond motifs is 10. The van der Waals surface area contributed by atoms with E-state index in [1.54, 1.807) is 0 Å². The van der Waals surface area contributed by atoms with Gasteiger partial charge in [0.1, 0.15) is 5.82 Å². The Labute approximate surface area is 279 Å². The number of hydrogen-bond donors (Lipinski definition) is 0. The molecular weight excluding hydrogens is 581 g/mol. The van der Waals surface area contributed by atoms with Gasteiger partial charge >= 0.3 is 0 Å². The molecule has 0 fully saturated rings. The number of imidazole rings is 1. The molecule has 2 heteroatoms. The van der Waals surface area contributed by atoms with Gasteiger partial charge in [-0.05, 0) is 86.0 Å². The van der Waals surface area contributed by atoms with Gasteiger partial charge in [-0.25, -0.2) is 4.98 Å². The van der Waals surface area contributed by atoms with Crippen molar-refractivity contribution < 1.29 is 0 Å². The molecule has 0 bridgehead atoms. The minimum absolute atomic E-state index is 0.446. The highest BCUT2D eigenvalue weighted by atomic mass is 15.1. The number of rotatable bonds is 3. The van der Waals surface area contributed by atoms with Gasteiger partial charge in [-0.15, -0.1) is 0 Å². The van der Waals surface area contributed by atoms with Crippen molar-refractivity contribution in [2.75, 3.05) is 0 Å². The second-order valence-electron chi connectivity index (χ2n) is 12.7. The van der Waals surface area contributed by atoms with E-state index in [1.807, 2.05) is 0 Å². The van der Waals surface area contributed by atoms with E-state index >= 15 is 0 Å². The average molecular weight is 611 g/mol. The van der Waals surface area contributed by atoms with Crippen LogP contribution in [0.15, 0.2) is 170 Å². The van der Waals surface area contributed by atoms with Crippen molar-refractivity contribution in [3.8, 4) is 39.3 Å². The lowest BCUT2D eigenvalue weighted by molar-refractivity contribution is 0.766. The first-order valence-corrected chi connectivity index (χ1v) is 16.6. The minimum atomic E-state index is -0.446. The molecule has 2 aliphatic carbocycles. The predicted molar refractivity (Wildman–Crippen MR) is 198 cm³/mol. The van der Waals surface area contributed by atoms with Crippen LogP contribution in [0.2, 0.25) is 0 Å². The quantitative estimate of drug-likeness (QED) is 0.195. The van der Waals surface area contributed by atoms with E-state index in [-0.39, 0.29) is 0 Å². The molecule has 0 amide bonds. The number of benzene rings is 7. The van der Waals surface area contributed by atoms with Crippen LogP contribution in [0.1, 0.15) is 33.4 Å². The van der Waals surface area contributed by atoms with Crippen LogP contribution in [0, 0.1) is 0 Å². The first-order chi connectivity index (χ1) is 23.8. The van der Waals surface area contributed by atoms with Crippen LogP contribution >= 0.6 is 0 Å². The Hall–Kier alpha value is -6.25. The number of para-hydroxylation sites is 1. The molecule has 1 aromatic heterocycles. The van der Waals surface area contributed by atoms with E-state index in [4.69, 9.17) is 4.98 Å². The minimum Gasteiger partial charge on any atom is -0.292 e. The summed E-state index contributed by atoms with van der Waals surface area (Å²) >= 11 is 0. The van der Waals surface area contributed by atoms with Gasteiger partial charge in [0.25, 0.3) is 0 Å². The number of nitrogens with zero attached hydrogens (tertiary/aromatic N) is 2. The molecular formula is C46H30N2. The van der Waals surface area contributed by atoms with Crippen molar-refractivity contribution in [1.82, 2.24) is 9.55 Å². The summed E-state index contributed by atoms with van der Waals surface area (Å²) in [6, 6.07) is 61.6. The van der Waals surface area contributed by atoms with Crippen LogP contribution in [0.3, 0.4) is 0 Å². The third-order valence-electron chi connectivity index (χ3n) is 10.3. The molecule has 7 aromatic carbocycles. The lowest BCUT2D eigenvalue weighted by Gasteiger charge is -2.35. The Morgan fingerprint density at radius 2 is 0.979 bits per heavy atom. The Morgan fingerprint density at radius 3 is 1.71 bits per heavy atom. The lowest BCUT2D eigenvalue weighted by atomic mass is 9.65. The molecule has 0 unspecified atom stereocenters. The molecule has 0 aliphatic heterocycles. The molecule has 1 spiro atoms. The third kappa shape index (κ3) is 3.77. The van der Waals surface area contributed by atoms with E-state index in [0.29, 0.717) is 0 Å². The molecule has 224 valence electrons. The fraction of sp³-hybridized carbons (Fsp3) is 0.0217. The third-order valence-corrected chi connectivity index (χ3v) is 10.3. The Morgan fingerprint density at radius 1 is 0.417 bits per heavy atom. The smallest absolute Gasteiger partial charge is 0.145 e. The number of aromatic nitrogens is 2. The van der Waals surface area contributed by atoms with Gasteiger partial charge in [0, 0.05) is 11.3 Å². The maximum Gasteiger partial charge on any atom is 0.145 e. The second-order valence-corrected chi connectivity index (χ2v) is 12.7. The fourth-order valence-electron chi connectivity index (χ4n) is 8.21. The van der Waals surface area contributed by atoms with E-state index in [1.165, 1.54) is 50.1 Å². The molecule has 0 saturated carbocycles. The first-order valence-electron chi connectivity index (χ1n) is 16.6. The van der Waals surface area contributed by atoms with Crippen molar-refractivity contribution in [3.05, 3.63) is 203 Å². The molecule has 48 heavy (non-hydrogen) atoms. The van der Waals surface area contributed by atoms with Crippen molar-refractivity contribution in [2.24, 2.45) is 0 Å². The average Bonchev–Trinajstić information content (AvgIpc) is 3.64. The first kappa shape index (κ1) is 26.9. The molecule has 1 heterocycles. The zero-order valence-corrected chi connectivity index (χ0v) is 26.2. The fourth-order valence-corrected chi connectivity index (χ4v) is 8.21. The van der Waals surface area contributed by atoms with Crippen molar-refractivity contribution >= 4 is 23.2 Å². The summed E-state index contributed by atoms with van der Waals surface area (Å²) in [6.07, 6.45) is 4.59. The largest absolute Gasteiger partial charge is 0.292 e. The van der Waals surface area contributed by atoms with E-state index < -0.39 is 5.41 Å². The summed E-state index contributed by atoms with van der Waals surface area (Å²) in [7, 11) is 0. The van der Waals surface area contributed by atoms with Crippen LogP contribution in [0.4, 0.5) is 0 Å². The zero-order valence-electron chi connectivity index (χ0n) is 26.2. The van der Waals surface area contributed by atoms with Gasteiger partial charge in [-0.2, -0.15) is 0 Å². The van der Waals surface area contributed by atoms with Crippen LogP contribution in [0.5, 0.6) is 0 Å². The summed E-state index contributed by atoms with van der Waals surface area (Å²) in [4.78, 5) is 5.26. The normalized spacial score (nSPS) is 13.5.